The number of nitrogens with zero attached hydrogens (tertiary/aromatic N) is 2. The predicted molar refractivity (Wildman–Crippen MR) is 60.0 cm³/mol. The molecule has 0 aliphatic heterocycles. The molecule has 2 aliphatic carbocycles. The third kappa shape index (κ3) is 2.13. The number of nitrogens with two attached hydrogens (primary N) is 1. The molecule has 0 radical (unpaired) electrons. The summed E-state index contributed by atoms with van der Waals surface area (Å²) < 4.78 is 0. The van der Waals surface area contributed by atoms with Crippen molar-refractivity contribution in [1.82, 2.24) is 4.90 Å². The van der Waals surface area contributed by atoms with E-state index in [1.165, 1.54) is 6.42 Å². The quantitative estimate of drug-likeness (QED) is 0.319. The minimum Gasteiger partial charge on any atom is -0.409 e. The molecule has 2 unspecified atom stereocenters. The molecule has 0 heterocycles. The van der Waals surface area contributed by atoms with Crippen LogP contribution in [0.4, 0.5) is 0 Å². The molecule has 2 aliphatic rings. The Hall–Kier alpha value is -1.26. The maximum atomic E-state index is 12.1. The largest absolute Gasteiger partial charge is 0.409 e. The van der Waals surface area contributed by atoms with E-state index in [0.717, 1.165) is 24.7 Å². The first-order chi connectivity index (χ1) is 7.65. The van der Waals surface area contributed by atoms with Crippen molar-refractivity contribution in [2.24, 2.45) is 28.6 Å². The first-order valence-corrected chi connectivity index (χ1v) is 5.90. The van der Waals surface area contributed by atoms with Crippen LogP contribution in [-0.4, -0.2) is 34.9 Å². The van der Waals surface area contributed by atoms with Crippen molar-refractivity contribution in [3.05, 3.63) is 0 Å². The fraction of sp³-hybridized carbons (Fsp3) is 0.818. The number of rotatable bonds is 4. The van der Waals surface area contributed by atoms with Gasteiger partial charge in [-0.2, -0.15) is 0 Å². The Balaban J connectivity index is 1.90. The van der Waals surface area contributed by atoms with Crippen LogP contribution in [0.3, 0.4) is 0 Å². The van der Waals surface area contributed by atoms with E-state index < -0.39 is 0 Å². The highest BCUT2D eigenvalue weighted by Gasteiger charge is 2.48. The maximum absolute atomic E-state index is 12.1. The number of amides is 1. The zero-order valence-corrected chi connectivity index (χ0v) is 9.59. The fourth-order valence-electron chi connectivity index (χ4n) is 2.75. The smallest absolute Gasteiger partial charge is 0.226 e. The number of amidine groups is 1. The molecule has 5 nitrogen and oxygen atoms in total. The lowest BCUT2D eigenvalue weighted by Gasteiger charge is -2.24. The van der Waals surface area contributed by atoms with E-state index in [1.807, 2.05) is 6.92 Å². The second-order valence-corrected chi connectivity index (χ2v) is 4.87. The molecule has 2 saturated carbocycles. The van der Waals surface area contributed by atoms with E-state index >= 15 is 0 Å². The Labute approximate surface area is 95.3 Å². The van der Waals surface area contributed by atoms with Gasteiger partial charge < -0.3 is 15.8 Å². The minimum absolute atomic E-state index is 0.0957. The Morgan fingerprint density at radius 3 is 2.56 bits per heavy atom. The van der Waals surface area contributed by atoms with Crippen LogP contribution in [0, 0.1) is 17.8 Å². The van der Waals surface area contributed by atoms with E-state index in [1.54, 1.807) is 4.90 Å². The van der Waals surface area contributed by atoms with Crippen molar-refractivity contribution in [1.29, 1.82) is 0 Å². The molecule has 2 rings (SSSR count). The lowest BCUT2D eigenvalue weighted by molar-refractivity contribution is -0.134. The van der Waals surface area contributed by atoms with Crippen molar-refractivity contribution < 1.29 is 10.0 Å². The highest BCUT2D eigenvalue weighted by atomic mass is 16.4. The van der Waals surface area contributed by atoms with Crippen molar-refractivity contribution in [2.75, 3.05) is 13.1 Å². The lowest BCUT2D eigenvalue weighted by atomic mass is 10.0. The molecule has 0 aromatic rings. The highest BCUT2D eigenvalue weighted by molar-refractivity contribution is 5.87. The molecule has 2 atom stereocenters. The molecule has 0 bridgehead atoms. The van der Waals surface area contributed by atoms with E-state index in [9.17, 15) is 4.79 Å². The van der Waals surface area contributed by atoms with E-state index in [0.29, 0.717) is 6.54 Å². The number of carbonyl (C=O) groups is 1. The molecule has 5 heteroatoms. The summed E-state index contributed by atoms with van der Waals surface area (Å²) in [7, 11) is 0. The Kier molecular flexibility index (Phi) is 3.03. The summed E-state index contributed by atoms with van der Waals surface area (Å²) in [6.45, 7) is 2.76. The van der Waals surface area contributed by atoms with Gasteiger partial charge in [0.05, 0.1) is 6.54 Å². The number of hydrogen-bond acceptors (Lipinski definition) is 3. The first kappa shape index (κ1) is 11.2. The van der Waals surface area contributed by atoms with Crippen LogP contribution in [0.25, 0.3) is 0 Å². The summed E-state index contributed by atoms with van der Waals surface area (Å²) in [5, 5.41) is 11.4. The first-order valence-electron chi connectivity index (χ1n) is 5.90. The topological polar surface area (TPSA) is 78.9 Å². The molecule has 16 heavy (non-hydrogen) atoms. The number of fused-ring (bicyclic) bond motifs is 1. The molecule has 0 spiro atoms. The summed E-state index contributed by atoms with van der Waals surface area (Å²) in [6.07, 6.45) is 3.39. The monoisotopic (exact) mass is 225 g/mol. The fourth-order valence-corrected chi connectivity index (χ4v) is 2.75. The standard InChI is InChI=1S/C11H19N3O2/c1-2-14(6-10(12)13-16)11(15)9-4-7-3-8(7)5-9/h7-9,16H,2-6H2,1H3,(H2,12,13). The van der Waals surface area contributed by atoms with Crippen molar-refractivity contribution >= 4 is 11.7 Å². The second-order valence-electron chi connectivity index (χ2n) is 4.87. The summed E-state index contributed by atoms with van der Waals surface area (Å²) >= 11 is 0. The Morgan fingerprint density at radius 1 is 1.44 bits per heavy atom. The van der Waals surface area contributed by atoms with Gasteiger partial charge in [-0.05, 0) is 38.0 Å². The zero-order valence-electron chi connectivity index (χ0n) is 9.59. The van der Waals surface area contributed by atoms with E-state index in [-0.39, 0.29) is 24.2 Å². The van der Waals surface area contributed by atoms with Gasteiger partial charge in [0.25, 0.3) is 0 Å². The lowest BCUT2D eigenvalue weighted by Crippen LogP contribution is -2.41. The average molecular weight is 225 g/mol. The van der Waals surface area contributed by atoms with Crippen molar-refractivity contribution in [2.45, 2.75) is 26.2 Å². The average Bonchev–Trinajstić information content (AvgIpc) is 2.91. The molecule has 2 fully saturated rings. The maximum Gasteiger partial charge on any atom is 0.226 e. The van der Waals surface area contributed by atoms with Crippen LogP contribution in [-0.2, 0) is 4.79 Å². The number of likely N-dealkylation sites (N-methyl/N-ethyl adjacent to an activating group) is 1. The minimum atomic E-state index is 0.0957. The summed E-state index contributed by atoms with van der Waals surface area (Å²) in [5.41, 5.74) is 5.43. The molecule has 90 valence electrons. The van der Waals surface area contributed by atoms with Crippen LogP contribution in [0.2, 0.25) is 0 Å². The molecular formula is C11H19N3O2. The summed E-state index contributed by atoms with van der Waals surface area (Å²) in [4.78, 5) is 13.8. The number of oxime groups is 1. The number of carbonyl (C=O) groups excluding carboxylic acids is 1. The second kappa shape index (κ2) is 4.31. The van der Waals surface area contributed by atoms with Gasteiger partial charge in [-0.1, -0.05) is 5.16 Å². The van der Waals surface area contributed by atoms with Gasteiger partial charge in [-0.25, -0.2) is 0 Å². The van der Waals surface area contributed by atoms with Crippen LogP contribution < -0.4 is 5.73 Å². The molecule has 0 saturated heterocycles. The van der Waals surface area contributed by atoms with Gasteiger partial charge in [0.2, 0.25) is 5.91 Å². The van der Waals surface area contributed by atoms with Gasteiger partial charge in [0.1, 0.15) is 0 Å². The normalized spacial score (nSPS) is 32.3. The van der Waals surface area contributed by atoms with E-state index in [4.69, 9.17) is 10.9 Å². The van der Waals surface area contributed by atoms with Gasteiger partial charge in [0.15, 0.2) is 5.84 Å². The predicted octanol–water partition coefficient (Wildman–Crippen LogP) is 0.627. The van der Waals surface area contributed by atoms with Gasteiger partial charge in [-0.15, -0.1) is 0 Å². The highest BCUT2D eigenvalue weighted by Crippen LogP contribution is 2.54. The third-order valence-electron chi connectivity index (χ3n) is 3.77. The SMILES string of the molecule is CCN(CC(N)=NO)C(=O)C1CC2CC2C1. The van der Waals surface area contributed by atoms with Crippen LogP contribution in [0.1, 0.15) is 26.2 Å². The summed E-state index contributed by atoms with van der Waals surface area (Å²) in [5.74, 6) is 2.04. The third-order valence-corrected chi connectivity index (χ3v) is 3.77. The van der Waals surface area contributed by atoms with Crippen molar-refractivity contribution in [3.8, 4) is 0 Å². The molecular weight excluding hydrogens is 206 g/mol. The molecule has 0 aromatic heterocycles. The van der Waals surface area contributed by atoms with Gasteiger partial charge in [-0.3, -0.25) is 4.79 Å². The Morgan fingerprint density at radius 2 is 2.06 bits per heavy atom. The Bertz CT molecular complexity index is 306. The number of hydrogen-bond donors (Lipinski definition) is 2. The van der Waals surface area contributed by atoms with Gasteiger partial charge in [0, 0.05) is 12.5 Å². The molecule has 1 amide bonds. The molecule has 3 N–H and O–H groups in total. The van der Waals surface area contributed by atoms with Crippen LogP contribution in [0.5, 0.6) is 0 Å². The van der Waals surface area contributed by atoms with Crippen molar-refractivity contribution in [3.63, 3.8) is 0 Å². The summed E-state index contributed by atoms with van der Waals surface area (Å²) in [6, 6.07) is 0. The van der Waals surface area contributed by atoms with Crippen LogP contribution in [0.15, 0.2) is 5.16 Å². The molecule has 0 aromatic carbocycles. The van der Waals surface area contributed by atoms with E-state index in [2.05, 4.69) is 5.16 Å². The zero-order chi connectivity index (χ0) is 11.7. The van der Waals surface area contributed by atoms with Gasteiger partial charge >= 0.3 is 0 Å². The van der Waals surface area contributed by atoms with Crippen LogP contribution >= 0.6 is 0 Å².